The lowest BCUT2D eigenvalue weighted by Gasteiger charge is -2.18. The molecule has 0 unspecified atom stereocenters. The first-order chi connectivity index (χ1) is 26.1. The van der Waals surface area contributed by atoms with Crippen LogP contribution in [0.15, 0.2) is 174 Å². The third kappa shape index (κ3) is 4.17. The molecular formula is C44H28O. The predicted octanol–water partition coefficient (Wildman–Crippen LogP) is 12.6. The maximum Gasteiger partial charge on any atom is 0.136 e. The summed E-state index contributed by atoms with van der Waals surface area (Å²) in [5, 5.41) is 4.62. The SMILES string of the molecule is [2H]c1c([2H])c([2H])c(-c2cccc3oc4cc(-c5c6ccccc6c(-c6c([2H])c([2H])c(-c7ccccc7)c([2H])c6[2H])c6ccccc56)ccc4c23)c([2H])c1[2H]. The second-order valence-corrected chi connectivity index (χ2v) is 10.9. The molecule has 0 fully saturated rings. The van der Waals surface area contributed by atoms with Crippen LogP contribution >= 0.6 is 0 Å². The standard InChI is InChI=1S/C44H28O/c1-3-12-29(13-4-1)30-22-24-32(25-23-30)42-35-16-7-9-18-37(35)43(38-19-10-8-17-36(38)42)33-26-27-39-41(28-33)45-40-21-11-20-34(44(39)40)31-14-5-2-6-15-31/h1-28H/i2D,5D,6D,14D,15D,22D,23D,24D,25D. The van der Waals surface area contributed by atoms with E-state index in [1.165, 1.54) is 0 Å². The van der Waals surface area contributed by atoms with E-state index in [-0.39, 0.29) is 52.9 Å². The number of benzene rings is 8. The molecule has 0 aliphatic heterocycles. The fourth-order valence-corrected chi connectivity index (χ4v) is 6.47. The largest absolute Gasteiger partial charge is 0.456 e. The lowest BCUT2D eigenvalue weighted by molar-refractivity contribution is 0.669. The summed E-state index contributed by atoms with van der Waals surface area (Å²) >= 11 is 0. The molecule has 0 aliphatic carbocycles. The van der Waals surface area contributed by atoms with Gasteiger partial charge in [0.15, 0.2) is 0 Å². The second kappa shape index (κ2) is 10.4. The van der Waals surface area contributed by atoms with E-state index in [2.05, 4.69) is 0 Å². The number of hydrogen-bond acceptors (Lipinski definition) is 1. The Kier molecular flexibility index (Phi) is 4.15. The second-order valence-electron chi connectivity index (χ2n) is 10.9. The van der Waals surface area contributed by atoms with Crippen LogP contribution in [0, 0.1) is 0 Å². The first-order valence-electron chi connectivity index (χ1n) is 19.2. The van der Waals surface area contributed by atoms with Crippen LogP contribution in [-0.4, -0.2) is 0 Å². The summed E-state index contributed by atoms with van der Waals surface area (Å²) in [6.07, 6.45) is 0. The van der Waals surface area contributed by atoms with Crippen molar-refractivity contribution in [3.8, 4) is 44.5 Å². The van der Waals surface area contributed by atoms with Gasteiger partial charge in [0.05, 0.1) is 12.3 Å². The van der Waals surface area contributed by atoms with Crippen LogP contribution in [0.5, 0.6) is 0 Å². The minimum atomic E-state index is -0.449. The molecule has 9 aromatic rings. The van der Waals surface area contributed by atoms with Gasteiger partial charge in [-0.3, -0.25) is 0 Å². The van der Waals surface area contributed by atoms with Gasteiger partial charge in [-0.05, 0) is 84.3 Å². The van der Waals surface area contributed by atoms with Crippen molar-refractivity contribution in [2.24, 2.45) is 0 Å². The average Bonchev–Trinajstić information content (AvgIpc) is 3.57. The Bertz CT molecular complexity index is 2930. The van der Waals surface area contributed by atoms with Crippen molar-refractivity contribution in [2.75, 3.05) is 0 Å². The minimum Gasteiger partial charge on any atom is -0.456 e. The van der Waals surface area contributed by atoms with E-state index in [1.54, 1.807) is 30.3 Å². The fourth-order valence-electron chi connectivity index (χ4n) is 6.47. The van der Waals surface area contributed by atoms with Gasteiger partial charge in [0.25, 0.3) is 0 Å². The summed E-state index contributed by atoms with van der Waals surface area (Å²) in [4.78, 5) is 0. The summed E-state index contributed by atoms with van der Waals surface area (Å²) < 4.78 is 84.9. The Morgan fingerprint density at radius 3 is 1.64 bits per heavy atom. The maximum atomic E-state index is 9.25. The highest BCUT2D eigenvalue weighted by atomic mass is 16.3. The lowest BCUT2D eigenvalue weighted by atomic mass is 9.85. The van der Waals surface area contributed by atoms with Gasteiger partial charge < -0.3 is 4.42 Å². The zero-order chi connectivity index (χ0) is 37.6. The molecule has 1 nitrogen and oxygen atoms in total. The van der Waals surface area contributed by atoms with Gasteiger partial charge in [0, 0.05) is 10.8 Å². The molecule has 0 bridgehead atoms. The summed E-state index contributed by atoms with van der Waals surface area (Å²) in [6, 6.07) is 33.5. The summed E-state index contributed by atoms with van der Waals surface area (Å²) in [6.45, 7) is 0. The quantitative estimate of drug-likeness (QED) is 0.188. The Morgan fingerprint density at radius 1 is 0.378 bits per heavy atom. The van der Waals surface area contributed by atoms with Gasteiger partial charge in [0.1, 0.15) is 11.2 Å². The van der Waals surface area contributed by atoms with E-state index in [4.69, 9.17) is 14.0 Å². The number of fused-ring (bicyclic) bond motifs is 5. The van der Waals surface area contributed by atoms with Gasteiger partial charge in [-0.15, -0.1) is 0 Å². The zero-order valence-electron chi connectivity index (χ0n) is 32.9. The molecular weight excluding hydrogens is 544 g/mol. The van der Waals surface area contributed by atoms with E-state index < -0.39 is 18.1 Å². The summed E-state index contributed by atoms with van der Waals surface area (Å²) in [5.41, 5.74) is 5.12. The van der Waals surface area contributed by atoms with E-state index in [1.807, 2.05) is 84.9 Å². The van der Waals surface area contributed by atoms with Crippen LogP contribution in [-0.2, 0) is 0 Å². The third-order valence-electron chi connectivity index (χ3n) is 8.42. The van der Waals surface area contributed by atoms with Gasteiger partial charge in [-0.25, -0.2) is 0 Å². The highest BCUT2D eigenvalue weighted by Gasteiger charge is 2.18. The molecule has 9 rings (SSSR count). The van der Waals surface area contributed by atoms with E-state index in [0.717, 1.165) is 38.1 Å². The Labute approximate surface area is 274 Å². The molecule has 0 amide bonds. The lowest BCUT2D eigenvalue weighted by Crippen LogP contribution is -1.91. The van der Waals surface area contributed by atoms with Gasteiger partial charge in [-0.2, -0.15) is 0 Å². The van der Waals surface area contributed by atoms with Crippen LogP contribution in [0.2, 0.25) is 0 Å². The van der Waals surface area contributed by atoms with Crippen molar-refractivity contribution in [3.05, 3.63) is 170 Å². The molecule has 1 heteroatoms. The zero-order valence-corrected chi connectivity index (χ0v) is 23.9. The van der Waals surface area contributed by atoms with Crippen LogP contribution in [0.3, 0.4) is 0 Å². The molecule has 0 saturated heterocycles. The van der Waals surface area contributed by atoms with E-state index in [0.29, 0.717) is 33.2 Å². The van der Waals surface area contributed by atoms with Gasteiger partial charge >= 0.3 is 0 Å². The molecule has 0 atom stereocenters. The first kappa shape index (κ1) is 18.0. The van der Waals surface area contributed by atoms with Crippen LogP contribution in [0.1, 0.15) is 12.3 Å². The maximum absolute atomic E-state index is 9.25. The molecule has 1 heterocycles. The molecule has 0 N–H and O–H groups in total. The topological polar surface area (TPSA) is 13.1 Å². The van der Waals surface area contributed by atoms with E-state index in [9.17, 15) is 2.74 Å². The van der Waals surface area contributed by atoms with Crippen LogP contribution in [0.25, 0.3) is 88.0 Å². The molecule has 0 aliphatic rings. The van der Waals surface area contributed by atoms with Gasteiger partial charge in [-0.1, -0.05) is 151 Å². The normalized spacial score (nSPS) is 14.4. The van der Waals surface area contributed by atoms with Crippen molar-refractivity contribution in [3.63, 3.8) is 0 Å². The minimum absolute atomic E-state index is 0.104. The van der Waals surface area contributed by atoms with E-state index >= 15 is 0 Å². The molecule has 0 spiro atoms. The van der Waals surface area contributed by atoms with Gasteiger partial charge in [0.2, 0.25) is 0 Å². The predicted molar refractivity (Wildman–Crippen MR) is 190 cm³/mol. The highest BCUT2D eigenvalue weighted by molar-refractivity contribution is 6.22. The highest BCUT2D eigenvalue weighted by Crippen LogP contribution is 2.45. The van der Waals surface area contributed by atoms with Crippen LogP contribution < -0.4 is 0 Å². The Balaban J connectivity index is 1.30. The summed E-state index contributed by atoms with van der Waals surface area (Å²) in [7, 11) is 0. The number of furan rings is 1. The first-order valence-corrected chi connectivity index (χ1v) is 14.7. The molecule has 45 heavy (non-hydrogen) atoms. The van der Waals surface area contributed by atoms with Crippen molar-refractivity contribution < 1.29 is 16.8 Å². The molecule has 8 aromatic carbocycles. The van der Waals surface area contributed by atoms with Crippen molar-refractivity contribution in [1.82, 2.24) is 0 Å². The monoisotopic (exact) mass is 581 g/mol. The summed E-state index contributed by atoms with van der Waals surface area (Å²) in [5.74, 6) is 0. The molecule has 0 radical (unpaired) electrons. The molecule has 210 valence electrons. The number of hydrogen-bond donors (Lipinski definition) is 0. The van der Waals surface area contributed by atoms with Crippen molar-refractivity contribution in [1.29, 1.82) is 0 Å². The third-order valence-corrected chi connectivity index (χ3v) is 8.42. The molecule has 1 aromatic heterocycles. The number of rotatable bonds is 4. The fraction of sp³-hybridized carbons (Fsp3) is 0. The van der Waals surface area contributed by atoms with Crippen molar-refractivity contribution >= 4 is 43.5 Å². The average molecular weight is 582 g/mol. The Hall–Kier alpha value is -5.92. The Morgan fingerprint density at radius 2 is 0.978 bits per heavy atom. The van der Waals surface area contributed by atoms with Crippen molar-refractivity contribution in [2.45, 2.75) is 0 Å². The van der Waals surface area contributed by atoms with Crippen LogP contribution in [0.4, 0.5) is 0 Å². The smallest absolute Gasteiger partial charge is 0.136 e. The molecule has 0 saturated carbocycles.